The Kier molecular flexibility index (Phi) is 6.45. The Morgan fingerprint density at radius 3 is 2.29 bits per heavy atom. The van der Waals surface area contributed by atoms with E-state index < -0.39 is 0 Å². The molecule has 0 bridgehead atoms. The van der Waals surface area contributed by atoms with Gasteiger partial charge in [0.25, 0.3) is 0 Å². The van der Waals surface area contributed by atoms with Gasteiger partial charge in [0, 0.05) is 25.7 Å². The SMILES string of the molecule is CCCNC(CN1C[C@@H](C)O[C@@H](C)C1)C(C)C. The molecule has 0 saturated carbocycles. The number of morpholine rings is 1. The highest BCUT2D eigenvalue weighted by atomic mass is 16.5. The summed E-state index contributed by atoms with van der Waals surface area (Å²) in [5.41, 5.74) is 0. The Hall–Kier alpha value is -0.120. The summed E-state index contributed by atoms with van der Waals surface area (Å²) in [6, 6.07) is 0.604. The Labute approximate surface area is 107 Å². The fourth-order valence-corrected chi connectivity index (χ4v) is 2.55. The molecule has 0 aromatic heterocycles. The smallest absolute Gasteiger partial charge is 0.0678 e. The molecule has 17 heavy (non-hydrogen) atoms. The minimum absolute atomic E-state index is 0.373. The third-order valence-corrected chi connectivity index (χ3v) is 3.41. The van der Waals surface area contributed by atoms with Crippen LogP contribution in [0.4, 0.5) is 0 Å². The first kappa shape index (κ1) is 14.9. The van der Waals surface area contributed by atoms with Crippen LogP contribution in [0, 0.1) is 5.92 Å². The second-order valence-electron chi connectivity index (χ2n) is 5.78. The first-order valence-electron chi connectivity index (χ1n) is 7.14. The van der Waals surface area contributed by atoms with Crippen molar-refractivity contribution < 1.29 is 4.74 Å². The van der Waals surface area contributed by atoms with Crippen LogP contribution in [0.15, 0.2) is 0 Å². The zero-order chi connectivity index (χ0) is 12.8. The van der Waals surface area contributed by atoms with Gasteiger partial charge in [-0.3, -0.25) is 4.90 Å². The summed E-state index contributed by atoms with van der Waals surface area (Å²) in [6.45, 7) is 15.6. The zero-order valence-corrected chi connectivity index (χ0v) is 12.2. The van der Waals surface area contributed by atoms with Gasteiger partial charge in [0.15, 0.2) is 0 Å². The molecule has 3 nitrogen and oxygen atoms in total. The summed E-state index contributed by atoms with van der Waals surface area (Å²) >= 11 is 0. The van der Waals surface area contributed by atoms with Crippen molar-refractivity contribution in [1.82, 2.24) is 10.2 Å². The normalized spacial score (nSPS) is 28.6. The number of rotatable bonds is 6. The summed E-state index contributed by atoms with van der Waals surface area (Å²) in [6.07, 6.45) is 1.95. The van der Waals surface area contributed by atoms with Crippen LogP contribution >= 0.6 is 0 Å². The van der Waals surface area contributed by atoms with Gasteiger partial charge in [-0.15, -0.1) is 0 Å². The average Bonchev–Trinajstić information content (AvgIpc) is 2.22. The van der Waals surface area contributed by atoms with Gasteiger partial charge in [-0.25, -0.2) is 0 Å². The van der Waals surface area contributed by atoms with Gasteiger partial charge in [0.2, 0.25) is 0 Å². The van der Waals surface area contributed by atoms with Crippen LogP contribution in [0.1, 0.15) is 41.0 Å². The molecule has 0 radical (unpaired) electrons. The Morgan fingerprint density at radius 2 is 1.82 bits per heavy atom. The molecule has 3 heteroatoms. The number of hydrogen-bond acceptors (Lipinski definition) is 3. The maximum Gasteiger partial charge on any atom is 0.0678 e. The van der Waals surface area contributed by atoms with Gasteiger partial charge in [0.05, 0.1) is 12.2 Å². The summed E-state index contributed by atoms with van der Waals surface area (Å²) in [4.78, 5) is 2.55. The molecule has 1 rings (SSSR count). The van der Waals surface area contributed by atoms with Crippen LogP contribution in [0.5, 0.6) is 0 Å². The topological polar surface area (TPSA) is 24.5 Å². The van der Waals surface area contributed by atoms with Crippen molar-refractivity contribution in [1.29, 1.82) is 0 Å². The van der Waals surface area contributed by atoms with E-state index in [1.54, 1.807) is 0 Å². The molecule has 1 unspecified atom stereocenters. The predicted octanol–water partition coefficient (Wildman–Crippen LogP) is 2.12. The lowest BCUT2D eigenvalue weighted by Crippen LogP contribution is -2.51. The van der Waals surface area contributed by atoms with E-state index in [4.69, 9.17) is 4.74 Å². The Balaban J connectivity index is 2.42. The molecule has 3 atom stereocenters. The Morgan fingerprint density at radius 1 is 1.24 bits per heavy atom. The van der Waals surface area contributed by atoms with Crippen LogP contribution in [0.2, 0.25) is 0 Å². The highest BCUT2D eigenvalue weighted by Gasteiger charge is 2.25. The van der Waals surface area contributed by atoms with Crippen molar-refractivity contribution >= 4 is 0 Å². The monoisotopic (exact) mass is 242 g/mol. The molecule has 0 aliphatic carbocycles. The number of hydrogen-bond donors (Lipinski definition) is 1. The number of ether oxygens (including phenoxy) is 1. The molecule has 1 aliphatic rings. The average molecular weight is 242 g/mol. The molecule has 1 fully saturated rings. The molecule has 1 N–H and O–H groups in total. The fraction of sp³-hybridized carbons (Fsp3) is 1.00. The molecular weight excluding hydrogens is 212 g/mol. The molecule has 0 spiro atoms. The quantitative estimate of drug-likeness (QED) is 0.772. The molecule has 1 heterocycles. The molecule has 0 amide bonds. The van der Waals surface area contributed by atoms with Gasteiger partial charge in [-0.1, -0.05) is 20.8 Å². The highest BCUT2D eigenvalue weighted by Crippen LogP contribution is 2.13. The van der Waals surface area contributed by atoms with E-state index in [1.165, 1.54) is 6.42 Å². The van der Waals surface area contributed by atoms with Crippen LogP contribution in [0.3, 0.4) is 0 Å². The molecular formula is C14H30N2O. The van der Waals surface area contributed by atoms with Gasteiger partial charge in [0.1, 0.15) is 0 Å². The molecule has 1 aliphatic heterocycles. The lowest BCUT2D eigenvalue weighted by Gasteiger charge is -2.38. The summed E-state index contributed by atoms with van der Waals surface area (Å²) in [5, 5.41) is 3.66. The molecule has 102 valence electrons. The lowest BCUT2D eigenvalue weighted by molar-refractivity contribution is -0.0708. The summed E-state index contributed by atoms with van der Waals surface area (Å²) in [7, 11) is 0. The van der Waals surface area contributed by atoms with Crippen molar-refractivity contribution in [3.8, 4) is 0 Å². The van der Waals surface area contributed by atoms with Crippen LogP contribution < -0.4 is 5.32 Å². The molecule has 0 aromatic rings. The third kappa shape index (κ3) is 5.36. The van der Waals surface area contributed by atoms with Crippen LogP contribution in [-0.4, -0.2) is 49.3 Å². The van der Waals surface area contributed by atoms with Crippen molar-refractivity contribution in [2.75, 3.05) is 26.2 Å². The van der Waals surface area contributed by atoms with E-state index >= 15 is 0 Å². The van der Waals surface area contributed by atoms with Gasteiger partial charge in [-0.05, 0) is 32.7 Å². The number of nitrogens with zero attached hydrogens (tertiary/aromatic N) is 1. The summed E-state index contributed by atoms with van der Waals surface area (Å²) < 4.78 is 5.78. The maximum atomic E-state index is 5.78. The van der Waals surface area contributed by atoms with E-state index in [9.17, 15) is 0 Å². The highest BCUT2D eigenvalue weighted by molar-refractivity contribution is 4.80. The standard InChI is InChI=1S/C14H30N2O/c1-6-7-15-14(11(2)3)10-16-8-12(4)17-13(5)9-16/h11-15H,6-10H2,1-5H3/t12-,13+,14?. The first-order valence-corrected chi connectivity index (χ1v) is 7.14. The second-order valence-corrected chi connectivity index (χ2v) is 5.78. The predicted molar refractivity (Wildman–Crippen MR) is 73.4 cm³/mol. The van der Waals surface area contributed by atoms with Crippen molar-refractivity contribution in [2.24, 2.45) is 5.92 Å². The lowest BCUT2D eigenvalue weighted by atomic mass is 10.0. The first-order chi connectivity index (χ1) is 8.02. The maximum absolute atomic E-state index is 5.78. The Bertz CT molecular complexity index is 198. The van der Waals surface area contributed by atoms with Gasteiger partial charge >= 0.3 is 0 Å². The zero-order valence-electron chi connectivity index (χ0n) is 12.2. The summed E-state index contributed by atoms with van der Waals surface area (Å²) in [5.74, 6) is 0.690. The van der Waals surface area contributed by atoms with Crippen LogP contribution in [-0.2, 0) is 4.74 Å². The number of nitrogens with one attached hydrogen (secondary N) is 1. The van der Waals surface area contributed by atoms with Gasteiger partial charge < -0.3 is 10.1 Å². The van der Waals surface area contributed by atoms with Crippen LogP contribution in [0.25, 0.3) is 0 Å². The minimum atomic E-state index is 0.373. The van der Waals surface area contributed by atoms with Crippen molar-refractivity contribution in [2.45, 2.75) is 59.3 Å². The van der Waals surface area contributed by atoms with E-state index in [2.05, 4.69) is 44.8 Å². The molecule has 1 saturated heterocycles. The van der Waals surface area contributed by atoms with Crippen molar-refractivity contribution in [3.05, 3.63) is 0 Å². The largest absolute Gasteiger partial charge is 0.373 e. The van der Waals surface area contributed by atoms with Gasteiger partial charge in [-0.2, -0.15) is 0 Å². The van der Waals surface area contributed by atoms with Crippen molar-refractivity contribution in [3.63, 3.8) is 0 Å². The third-order valence-electron chi connectivity index (χ3n) is 3.41. The fourth-order valence-electron chi connectivity index (χ4n) is 2.55. The molecule has 0 aromatic carbocycles. The second kappa shape index (κ2) is 7.34. The minimum Gasteiger partial charge on any atom is -0.373 e. The van der Waals surface area contributed by atoms with E-state index in [0.29, 0.717) is 24.2 Å². The van der Waals surface area contributed by atoms with E-state index in [0.717, 1.165) is 26.2 Å². The van der Waals surface area contributed by atoms with E-state index in [-0.39, 0.29) is 0 Å². The van der Waals surface area contributed by atoms with E-state index in [1.807, 2.05) is 0 Å².